The van der Waals surface area contributed by atoms with Crippen LogP contribution in [0, 0.1) is 10.1 Å². The molecule has 23 heavy (non-hydrogen) atoms. The lowest BCUT2D eigenvalue weighted by atomic mass is 10.2. The van der Waals surface area contributed by atoms with Crippen molar-refractivity contribution in [1.29, 1.82) is 0 Å². The molecule has 0 radical (unpaired) electrons. The van der Waals surface area contributed by atoms with E-state index in [9.17, 15) is 14.9 Å². The summed E-state index contributed by atoms with van der Waals surface area (Å²) in [6.45, 7) is 0.798. The van der Waals surface area contributed by atoms with Crippen molar-refractivity contribution in [3.63, 3.8) is 0 Å². The van der Waals surface area contributed by atoms with Gasteiger partial charge in [0, 0.05) is 4.98 Å². The summed E-state index contributed by atoms with van der Waals surface area (Å²) in [5, 5.41) is 13.2. The number of ether oxygens (including phenoxy) is 2. The van der Waals surface area contributed by atoms with Crippen LogP contribution in [0.4, 0.5) is 10.6 Å². The predicted molar refractivity (Wildman–Crippen MR) is 77.9 cm³/mol. The summed E-state index contributed by atoms with van der Waals surface area (Å²) in [5.74, 6) is -0.256. The summed E-state index contributed by atoms with van der Waals surface area (Å²) < 4.78 is 12.0. The molecule has 2 aromatic rings. The smallest absolute Gasteiger partial charge is 0.414 e. The van der Waals surface area contributed by atoms with Crippen LogP contribution in [0.25, 0.3) is 0 Å². The van der Waals surface area contributed by atoms with Crippen LogP contribution in [0.2, 0.25) is 0 Å². The molecular weight excluding hydrogens is 304 g/mol. The van der Waals surface area contributed by atoms with Crippen LogP contribution in [0.5, 0.6) is 6.01 Å². The molecule has 1 atom stereocenters. The quantitative estimate of drug-likeness (QED) is 0.660. The van der Waals surface area contributed by atoms with Crippen LogP contribution in [0.15, 0.2) is 36.5 Å². The fourth-order valence-corrected chi connectivity index (χ4v) is 2.18. The highest BCUT2D eigenvalue weighted by Crippen LogP contribution is 2.24. The summed E-state index contributed by atoms with van der Waals surface area (Å²) in [6.07, 6.45) is 0.429. The molecule has 1 unspecified atom stereocenters. The first-order valence-corrected chi connectivity index (χ1v) is 6.94. The third-order valence-corrected chi connectivity index (χ3v) is 3.27. The molecule has 0 aliphatic carbocycles. The molecule has 0 spiro atoms. The molecule has 9 nitrogen and oxygen atoms in total. The lowest BCUT2D eigenvalue weighted by Gasteiger charge is -2.10. The first-order valence-electron chi connectivity index (χ1n) is 6.94. The highest BCUT2D eigenvalue weighted by Gasteiger charge is 2.31. The van der Waals surface area contributed by atoms with Gasteiger partial charge in [0.25, 0.3) is 0 Å². The van der Waals surface area contributed by atoms with E-state index in [1.165, 1.54) is 6.20 Å². The molecule has 0 bridgehead atoms. The lowest BCUT2D eigenvalue weighted by Crippen LogP contribution is -2.35. The molecule has 0 saturated heterocycles. The molecule has 1 amide bonds. The van der Waals surface area contributed by atoms with E-state index in [1.54, 1.807) is 4.57 Å². The number of alkyl carbamates (subject to hydrolysis) is 1. The van der Waals surface area contributed by atoms with Crippen LogP contribution in [0.3, 0.4) is 0 Å². The Labute approximate surface area is 131 Å². The number of carbonyl (C=O) groups is 1. The van der Waals surface area contributed by atoms with Gasteiger partial charge < -0.3 is 24.9 Å². The predicted octanol–water partition coefficient (Wildman–Crippen LogP) is 1.48. The van der Waals surface area contributed by atoms with Crippen molar-refractivity contribution in [3.8, 4) is 6.01 Å². The molecule has 1 aromatic carbocycles. The number of nitro groups is 1. The zero-order valence-electron chi connectivity index (χ0n) is 12.0. The average Bonchev–Trinajstić information content (AvgIpc) is 3.10. The molecule has 9 heteroatoms. The minimum atomic E-state index is -0.580. The van der Waals surface area contributed by atoms with Gasteiger partial charge in [-0.2, -0.15) is 0 Å². The molecular formula is C14H14N4O5. The second-order valence-corrected chi connectivity index (χ2v) is 4.97. The highest BCUT2D eigenvalue weighted by molar-refractivity contribution is 5.67. The lowest BCUT2D eigenvalue weighted by molar-refractivity contribution is -0.389. The maximum Gasteiger partial charge on any atom is 0.414 e. The SMILES string of the molecule is O=C(NCC1Cn2cc([N+](=O)[O-])nc2O1)OCc1ccccc1. The Morgan fingerprint density at radius 1 is 1.48 bits per heavy atom. The van der Waals surface area contributed by atoms with E-state index in [2.05, 4.69) is 10.3 Å². The summed E-state index contributed by atoms with van der Waals surface area (Å²) in [4.78, 5) is 25.4. The number of hydrogen-bond donors (Lipinski definition) is 1. The maximum atomic E-state index is 11.6. The van der Waals surface area contributed by atoms with Crippen molar-refractivity contribution >= 4 is 11.9 Å². The van der Waals surface area contributed by atoms with E-state index < -0.39 is 11.0 Å². The van der Waals surface area contributed by atoms with Crippen LogP contribution in [-0.4, -0.2) is 33.2 Å². The zero-order valence-corrected chi connectivity index (χ0v) is 12.0. The Kier molecular flexibility index (Phi) is 4.09. The van der Waals surface area contributed by atoms with Crippen molar-refractivity contribution in [1.82, 2.24) is 14.9 Å². The average molecular weight is 318 g/mol. The Bertz CT molecular complexity index is 692. The Morgan fingerprint density at radius 2 is 2.26 bits per heavy atom. The van der Waals surface area contributed by atoms with E-state index in [1.807, 2.05) is 30.3 Å². The second-order valence-electron chi connectivity index (χ2n) is 4.97. The van der Waals surface area contributed by atoms with E-state index in [0.717, 1.165) is 5.56 Å². The third-order valence-electron chi connectivity index (χ3n) is 3.27. The van der Waals surface area contributed by atoms with Crippen LogP contribution in [0.1, 0.15) is 5.56 Å². The molecule has 120 valence electrons. The number of carbonyl (C=O) groups excluding carboxylic acids is 1. The van der Waals surface area contributed by atoms with Crippen molar-refractivity contribution in [2.75, 3.05) is 6.54 Å². The zero-order chi connectivity index (χ0) is 16.2. The van der Waals surface area contributed by atoms with Gasteiger partial charge in [0.15, 0.2) is 0 Å². The monoisotopic (exact) mass is 318 g/mol. The van der Waals surface area contributed by atoms with E-state index >= 15 is 0 Å². The van der Waals surface area contributed by atoms with Gasteiger partial charge >= 0.3 is 17.9 Å². The van der Waals surface area contributed by atoms with Crippen molar-refractivity contribution < 1.29 is 19.2 Å². The topological polar surface area (TPSA) is 109 Å². The van der Waals surface area contributed by atoms with Crippen LogP contribution < -0.4 is 10.1 Å². The first kappa shape index (κ1) is 14.8. The van der Waals surface area contributed by atoms with E-state index in [4.69, 9.17) is 9.47 Å². The van der Waals surface area contributed by atoms with Gasteiger partial charge in [-0.25, -0.2) is 4.79 Å². The van der Waals surface area contributed by atoms with Crippen molar-refractivity contribution in [2.24, 2.45) is 0 Å². The summed E-state index contributed by atoms with van der Waals surface area (Å²) in [5.41, 5.74) is 0.896. The van der Waals surface area contributed by atoms with Gasteiger partial charge in [-0.15, -0.1) is 0 Å². The van der Waals surface area contributed by atoms with E-state index in [-0.39, 0.29) is 31.1 Å². The van der Waals surface area contributed by atoms with Gasteiger partial charge in [-0.1, -0.05) is 30.3 Å². The minimum absolute atomic E-state index is 0.182. The van der Waals surface area contributed by atoms with Crippen molar-refractivity contribution in [3.05, 3.63) is 52.2 Å². The van der Waals surface area contributed by atoms with Crippen LogP contribution in [-0.2, 0) is 17.9 Å². The number of nitrogens with zero attached hydrogens (tertiary/aromatic N) is 3. The second kappa shape index (κ2) is 6.34. The van der Waals surface area contributed by atoms with Gasteiger partial charge in [0.2, 0.25) is 0 Å². The molecule has 2 heterocycles. The molecule has 3 rings (SSSR count). The van der Waals surface area contributed by atoms with Gasteiger partial charge in [-0.3, -0.25) is 4.57 Å². The molecule has 0 saturated carbocycles. The normalized spacial score (nSPS) is 15.6. The molecule has 1 aromatic heterocycles. The first-order chi connectivity index (χ1) is 11.1. The third kappa shape index (κ3) is 3.57. The molecule has 1 aliphatic heterocycles. The van der Waals surface area contributed by atoms with Crippen LogP contribution >= 0.6 is 0 Å². The number of hydrogen-bond acceptors (Lipinski definition) is 6. The summed E-state index contributed by atoms with van der Waals surface area (Å²) >= 11 is 0. The number of aromatic nitrogens is 2. The largest absolute Gasteiger partial charge is 0.445 e. The Morgan fingerprint density at radius 3 is 2.96 bits per heavy atom. The number of benzene rings is 1. The summed E-state index contributed by atoms with van der Waals surface area (Å²) in [7, 11) is 0. The van der Waals surface area contributed by atoms with E-state index in [0.29, 0.717) is 6.54 Å². The number of imidazole rings is 1. The Hall–Kier alpha value is -3.10. The number of rotatable bonds is 5. The maximum absolute atomic E-state index is 11.6. The Balaban J connectivity index is 1.42. The fraction of sp³-hybridized carbons (Fsp3) is 0.286. The fourth-order valence-electron chi connectivity index (χ4n) is 2.18. The number of fused-ring (bicyclic) bond motifs is 1. The van der Waals surface area contributed by atoms with Gasteiger partial charge in [0.05, 0.1) is 13.1 Å². The standard InChI is InChI=1S/C14H14N4O5/c19-14(22-9-10-4-2-1-3-5-10)15-6-11-7-17-8-12(18(20)21)16-13(17)23-11/h1-5,8,11H,6-7,9H2,(H,15,19). The minimum Gasteiger partial charge on any atom is -0.445 e. The highest BCUT2D eigenvalue weighted by atomic mass is 16.6. The van der Waals surface area contributed by atoms with Crippen molar-refractivity contribution in [2.45, 2.75) is 19.3 Å². The molecule has 0 fully saturated rings. The van der Waals surface area contributed by atoms with Gasteiger partial charge in [-0.05, 0) is 10.5 Å². The molecule has 1 N–H and O–H groups in total. The number of amides is 1. The summed E-state index contributed by atoms with van der Waals surface area (Å²) in [6, 6.07) is 9.52. The molecule has 1 aliphatic rings. The van der Waals surface area contributed by atoms with Gasteiger partial charge in [0.1, 0.15) is 18.9 Å². The number of nitrogens with one attached hydrogen (secondary N) is 1.